The Morgan fingerprint density at radius 1 is 1.64 bits per heavy atom. The third-order valence-electron chi connectivity index (χ3n) is 4.06. The molecule has 1 amide bonds. The molecule has 9 heteroatoms. The van der Waals surface area contributed by atoms with Gasteiger partial charge >= 0.3 is 29.6 Å². The van der Waals surface area contributed by atoms with Gasteiger partial charge in [-0.25, -0.2) is 0 Å². The first-order chi connectivity index (χ1) is 10.0. The number of rotatable bonds is 5. The number of aliphatic carboxylic acids is 1. The summed E-state index contributed by atoms with van der Waals surface area (Å²) < 4.78 is 0.646. The number of fused-ring (bicyclic) bond motifs is 1. The summed E-state index contributed by atoms with van der Waals surface area (Å²) in [4.78, 5) is 24.8. The van der Waals surface area contributed by atoms with E-state index < -0.39 is 18.0 Å². The largest absolute Gasteiger partial charge is 1.00 e. The number of hydrogen-bond donors (Lipinski definition) is 2. The van der Waals surface area contributed by atoms with E-state index in [4.69, 9.17) is 0 Å². The molecule has 0 radical (unpaired) electrons. The molecule has 0 aromatic rings. The van der Waals surface area contributed by atoms with E-state index in [1.54, 1.807) is 0 Å². The van der Waals surface area contributed by atoms with Crippen molar-refractivity contribution in [2.24, 2.45) is 5.92 Å². The van der Waals surface area contributed by atoms with Gasteiger partial charge in [0.15, 0.2) is 0 Å². The number of nitrogens with zero attached hydrogens (tertiary/aromatic N) is 1. The summed E-state index contributed by atoms with van der Waals surface area (Å²) in [6, 6.07) is 0. The van der Waals surface area contributed by atoms with Crippen LogP contribution < -0.4 is 40.0 Å². The molecule has 0 spiro atoms. The van der Waals surface area contributed by atoms with Crippen molar-refractivity contribution in [1.29, 1.82) is 0 Å². The molecular weight excluding hydrogens is 335 g/mol. The molecule has 2 saturated heterocycles. The van der Waals surface area contributed by atoms with Crippen LogP contribution >= 0.6 is 23.5 Å². The van der Waals surface area contributed by atoms with Gasteiger partial charge in [0.2, 0.25) is 5.91 Å². The minimum absolute atomic E-state index is 0. The van der Waals surface area contributed by atoms with Gasteiger partial charge in [0.05, 0.1) is 27.9 Å². The number of carbonyl (C=O) groups is 2. The average molecular weight is 352 g/mol. The number of hydrogen-bond acceptors (Lipinski definition) is 7. The molecule has 3 rings (SSSR count). The number of carbonyl (C=O) groups excluding carboxylic acids is 2. The van der Waals surface area contributed by atoms with Crippen molar-refractivity contribution in [3.8, 4) is 0 Å². The van der Waals surface area contributed by atoms with E-state index in [2.05, 4.69) is 5.32 Å². The van der Waals surface area contributed by atoms with Crippen LogP contribution in [0.25, 0.3) is 0 Å². The molecule has 3 aliphatic rings. The van der Waals surface area contributed by atoms with Crippen LogP contribution in [0.4, 0.5) is 0 Å². The predicted molar refractivity (Wildman–Crippen MR) is 78.9 cm³/mol. The smallest absolute Gasteiger partial charge is 0.543 e. The van der Waals surface area contributed by atoms with Gasteiger partial charge in [-0.05, 0) is 19.4 Å². The van der Waals surface area contributed by atoms with Gasteiger partial charge in [-0.15, -0.1) is 11.8 Å². The Bertz CT molecular complexity index is 510. The Morgan fingerprint density at radius 2 is 2.36 bits per heavy atom. The molecule has 0 unspecified atom stereocenters. The van der Waals surface area contributed by atoms with E-state index in [9.17, 15) is 19.8 Å². The molecule has 4 atom stereocenters. The minimum Gasteiger partial charge on any atom is -0.543 e. The van der Waals surface area contributed by atoms with Crippen LogP contribution in [0, 0.1) is 5.92 Å². The molecule has 0 aliphatic carbocycles. The van der Waals surface area contributed by atoms with Crippen molar-refractivity contribution in [3.63, 3.8) is 0 Å². The van der Waals surface area contributed by atoms with Gasteiger partial charge in [-0.1, -0.05) is 18.7 Å². The zero-order valence-corrected chi connectivity index (χ0v) is 16.2. The fraction of sp³-hybridized carbons (Fsp3) is 0.692. The average Bonchev–Trinajstić information content (AvgIpc) is 3.05. The van der Waals surface area contributed by atoms with Crippen LogP contribution in [0.3, 0.4) is 0 Å². The number of nitrogens with one attached hydrogen (secondary N) is 1. The van der Waals surface area contributed by atoms with Crippen molar-refractivity contribution in [3.05, 3.63) is 9.93 Å². The quantitative estimate of drug-likeness (QED) is 0.389. The second-order valence-corrected chi connectivity index (χ2v) is 8.07. The van der Waals surface area contributed by atoms with Gasteiger partial charge in [0, 0.05) is 11.8 Å². The molecule has 2 fully saturated rings. The third-order valence-corrected chi connectivity index (χ3v) is 6.93. The Balaban J connectivity index is 0.00000176. The summed E-state index contributed by atoms with van der Waals surface area (Å²) in [6.07, 6.45) is 0.748. The number of thioether (sulfide) groups is 2. The molecule has 3 aliphatic heterocycles. The number of aliphatic hydroxyl groups is 1. The Labute approximate surface area is 159 Å². The van der Waals surface area contributed by atoms with Crippen LogP contribution in [-0.4, -0.2) is 51.7 Å². The Kier molecular flexibility index (Phi) is 6.32. The predicted octanol–water partition coefficient (Wildman–Crippen LogP) is -3.69. The maximum Gasteiger partial charge on any atom is 1.00 e. The van der Waals surface area contributed by atoms with E-state index in [0.717, 1.165) is 19.5 Å². The molecule has 0 bridgehead atoms. The van der Waals surface area contributed by atoms with Gasteiger partial charge in [0.25, 0.3) is 0 Å². The van der Waals surface area contributed by atoms with E-state index in [0.29, 0.717) is 15.9 Å². The SMILES string of the molecule is CC[C@H](O)[C@@H]1C(=O)N2C(C(=O)[O-])=C(S[C@@H]3CCNC3)S[C@H]12.[Na+]. The number of β-lactam (4-membered cyclic amide) rings is 1. The molecular formula is C13H17N2NaO4S2. The second kappa shape index (κ2) is 7.46. The summed E-state index contributed by atoms with van der Waals surface area (Å²) in [5.74, 6) is -2.12. The maximum atomic E-state index is 12.1. The first kappa shape index (κ1) is 18.6. The fourth-order valence-corrected chi connectivity index (χ4v) is 6.10. The van der Waals surface area contributed by atoms with Gasteiger partial charge in [-0.3, -0.25) is 9.69 Å². The zero-order chi connectivity index (χ0) is 15.1. The number of amides is 1. The van der Waals surface area contributed by atoms with Gasteiger partial charge < -0.3 is 20.3 Å². The monoisotopic (exact) mass is 352 g/mol. The normalized spacial score (nSPS) is 31.6. The standard InChI is InChI=1S/C13H18N2O4S2.Na/c1-2-7(16)8-10(17)15-9(12(18)19)13(21-11(8)15)20-6-3-4-14-5-6;/h6-8,11,14,16H,2-5H2,1H3,(H,18,19);/q;+1/p-1/t6-,7+,8-,11-;/m1./s1. The van der Waals surface area contributed by atoms with Gasteiger partial charge in [0.1, 0.15) is 5.37 Å². The first-order valence-corrected chi connectivity index (χ1v) is 8.81. The summed E-state index contributed by atoms with van der Waals surface area (Å²) in [5, 5.41) is 24.6. The second-order valence-electron chi connectivity index (χ2n) is 5.37. The third kappa shape index (κ3) is 3.11. The molecule has 0 aromatic heterocycles. The number of carboxylic acids is 1. The molecule has 22 heavy (non-hydrogen) atoms. The molecule has 6 nitrogen and oxygen atoms in total. The van der Waals surface area contributed by atoms with Crippen LogP contribution in [0.1, 0.15) is 19.8 Å². The van der Waals surface area contributed by atoms with Gasteiger partial charge in [-0.2, -0.15) is 0 Å². The first-order valence-electron chi connectivity index (χ1n) is 7.05. The zero-order valence-electron chi connectivity index (χ0n) is 12.6. The van der Waals surface area contributed by atoms with Crippen molar-refractivity contribution >= 4 is 35.4 Å². The maximum absolute atomic E-state index is 12.1. The van der Waals surface area contributed by atoms with Crippen LogP contribution in [0.2, 0.25) is 0 Å². The topological polar surface area (TPSA) is 92.7 Å². The van der Waals surface area contributed by atoms with Crippen LogP contribution in [0.15, 0.2) is 9.93 Å². The van der Waals surface area contributed by atoms with Crippen molar-refractivity contribution in [2.45, 2.75) is 36.5 Å². The van der Waals surface area contributed by atoms with Crippen LogP contribution in [-0.2, 0) is 9.59 Å². The minimum atomic E-state index is -1.31. The summed E-state index contributed by atoms with van der Waals surface area (Å²) in [6.45, 7) is 3.58. The number of carboxylic acid groups (broad SMARTS) is 1. The van der Waals surface area contributed by atoms with Crippen molar-refractivity contribution in [1.82, 2.24) is 10.2 Å². The Hall–Kier alpha value is 0.300. The molecule has 3 heterocycles. The van der Waals surface area contributed by atoms with E-state index in [-0.39, 0.29) is 46.5 Å². The van der Waals surface area contributed by atoms with Crippen molar-refractivity contribution < 1.29 is 49.4 Å². The molecule has 116 valence electrons. The fourth-order valence-electron chi connectivity index (χ4n) is 2.87. The Morgan fingerprint density at radius 3 is 2.91 bits per heavy atom. The summed E-state index contributed by atoms with van der Waals surface area (Å²) in [7, 11) is 0. The van der Waals surface area contributed by atoms with E-state index >= 15 is 0 Å². The molecule has 0 saturated carbocycles. The van der Waals surface area contributed by atoms with E-state index in [1.165, 1.54) is 28.4 Å². The van der Waals surface area contributed by atoms with Crippen molar-refractivity contribution in [2.75, 3.05) is 13.1 Å². The molecule has 2 N–H and O–H groups in total. The van der Waals surface area contributed by atoms with Crippen LogP contribution in [0.5, 0.6) is 0 Å². The van der Waals surface area contributed by atoms with E-state index in [1.807, 2.05) is 6.92 Å². The summed E-state index contributed by atoms with van der Waals surface area (Å²) in [5.41, 5.74) is -0.00791. The summed E-state index contributed by atoms with van der Waals surface area (Å²) >= 11 is 2.88. The molecule has 0 aromatic carbocycles. The number of aliphatic hydroxyl groups excluding tert-OH is 1.